The van der Waals surface area contributed by atoms with Gasteiger partial charge in [-0.2, -0.15) is 13.2 Å². The van der Waals surface area contributed by atoms with E-state index >= 15 is 0 Å². The molecule has 1 aromatic rings. The maximum absolute atomic E-state index is 13.0. The molecule has 0 amide bonds. The quantitative estimate of drug-likeness (QED) is 0.629. The molecule has 0 bridgehead atoms. The van der Waals surface area contributed by atoms with Crippen molar-refractivity contribution < 1.29 is 23.1 Å². The third kappa shape index (κ3) is 5.98. The van der Waals surface area contributed by atoms with Gasteiger partial charge in [-0.25, -0.2) is 4.31 Å². The van der Waals surface area contributed by atoms with Crippen LogP contribution >= 0.6 is 11.9 Å². The summed E-state index contributed by atoms with van der Waals surface area (Å²) in [4.78, 5) is 11.3. The molecule has 0 fully saturated rings. The molecule has 0 saturated heterocycles. The number of aliphatic hydroxyl groups is 1. The lowest BCUT2D eigenvalue weighted by Crippen LogP contribution is -2.41. The van der Waals surface area contributed by atoms with Gasteiger partial charge in [0.1, 0.15) is 6.29 Å². The smallest absolute Gasteiger partial charge is 0.400 e. The standard InChI is InChI=1S/C14H18F3NOS.CH4O/c1-4-9-18(13(2,3)10-19)20-12-8-6-5-7-11(12)14(15,16)17;1-2/h5-8,10H,4,9H2,1-3H3;2H,1H3. The Labute approximate surface area is 133 Å². The minimum absolute atomic E-state index is 0.114. The maximum Gasteiger partial charge on any atom is 0.417 e. The van der Waals surface area contributed by atoms with Crippen LogP contribution in [-0.2, 0) is 11.0 Å². The van der Waals surface area contributed by atoms with E-state index in [4.69, 9.17) is 5.11 Å². The predicted molar refractivity (Wildman–Crippen MR) is 82.6 cm³/mol. The number of alkyl halides is 3. The van der Waals surface area contributed by atoms with Gasteiger partial charge in [-0.1, -0.05) is 19.1 Å². The fourth-order valence-electron chi connectivity index (χ4n) is 1.61. The van der Waals surface area contributed by atoms with Crippen LogP contribution in [0, 0.1) is 0 Å². The van der Waals surface area contributed by atoms with Gasteiger partial charge in [0.2, 0.25) is 0 Å². The number of halogens is 3. The fourth-order valence-corrected chi connectivity index (χ4v) is 2.82. The van der Waals surface area contributed by atoms with Gasteiger partial charge in [-0.05, 0) is 44.3 Å². The Morgan fingerprint density at radius 2 is 1.77 bits per heavy atom. The zero-order valence-electron chi connectivity index (χ0n) is 13.1. The number of nitrogens with zero attached hydrogens (tertiary/aromatic N) is 1. The van der Waals surface area contributed by atoms with Crippen molar-refractivity contribution in [3.63, 3.8) is 0 Å². The van der Waals surface area contributed by atoms with E-state index in [1.54, 1.807) is 24.2 Å². The van der Waals surface area contributed by atoms with Gasteiger partial charge in [-0.15, -0.1) is 0 Å². The molecule has 7 heteroatoms. The van der Waals surface area contributed by atoms with E-state index in [1.807, 2.05) is 6.92 Å². The lowest BCUT2D eigenvalue weighted by Gasteiger charge is -2.33. The first-order valence-corrected chi connectivity index (χ1v) is 7.52. The van der Waals surface area contributed by atoms with Gasteiger partial charge in [-0.3, -0.25) is 0 Å². The SMILES string of the molecule is CCCN(Sc1ccccc1C(F)(F)F)C(C)(C)C=O.CO. The molecule has 1 aromatic carbocycles. The molecule has 0 unspecified atom stereocenters. The summed E-state index contributed by atoms with van der Waals surface area (Å²) in [5.74, 6) is 0. The van der Waals surface area contributed by atoms with E-state index in [9.17, 15) is 18.0 Å². The lowest BCUT2D eigenvalue weighted by atomic mass is 10.1. The molecule has 0 aliphatic rings. The highest BCUT2D eigenvalue weighted by atomic mass is 32.2. The van der Waals surface area contributed by atoms with Crippen molar-refractivity contribution in [1.29, 1.82) is 0 Å². The molecule has 0 saturated carbocycles. The van der Waals surface area contributed by atoms with Crippen LogP contribution in [0.15, 0.2) is 29.2 Å². The van der Waals surface area contributed by atoms with Crippen LogP contribution in [0.2, 0.25) is 0 Å². The van der Waals surface area contributed by atoms with Crippen molar-refractivity contribution in [2.45, 2.75) is 43.8 Å². The third-order valence-electron chi connectivity index (χ3n) is 2.76. The second-order valence-corrected chi connectivity index (χ2v) is 6.02. The summed E-state index contributed by atoms with van der Waals surface area (Å²) in [6.45, 7) is 5.84. The zero-order chi connectivity index (χ0) is 17.4. The molecule has 1 rings (SSSR count). The number of benzene rings is 1. The minimum atomic E-state index is -4.40. The van der Waals surface area contributed by atoms with Crippen molar-refractivity contribution in [3.8, 4) is 0 Å². The third-order valence-corrected chi connectivity index (χ3v) is 4.19. The summed E-state index contributed by atoms with van der Waals surface area (Å²) in [5, 5.41) is 7.00. The molecule has 0 heterocycles. The Morgan fingerprint density at radius 1 is 1.23 bits per heavy atom. The van der Waals surface area contributed by atoms with Crippen molar-refractivity contribution in [2.75, 3.05) is 13.7 Å². The second-order valence-electron chi connectivity index (χ2n) is 4.96. The molecule has 0 atom stereocenters. The number of rotatable bonds is 6. The number of aldehydes is 1. The summed E-state index contributed by atoms with van der Waals surface area (Å²) in [5.41, 5.74) is -1.49. The second kappa shape index (κ2) is 9.17. The Balaban J connectivity index is 0.00000211. The van der Waals surface area contributed by atoms with Crippen LogP contribution in [-0.4, -0.2) is 34.9 Å². The summed E-state index contributed by atoms with van der Waals surface area (Å²) < 4.78 is 40.6. The summed E-state index contributed by atoms with van der Waals surface area (Å²) in [6.07, 6.45) is -2.89. The van der Waals surface area contributed by atoms with Gasteiger partial charge >= 0.3 is 6.18 Å². The predicted octanol–water partition coefficient (Wildman–Crippen LogP) is 4.01. The number of carbonyl (C=O) groups excluding carboxylic acids is 1. The molecule has 0 aliphatic carbocycles. The average molecular weight is 337 g/mol. The molecule has 0 spiro atoms. The Bertz CT molecular complexity index is 464. The van der Waals surface area contributed by atoms with Crippen LogP contribution in [0.25, 0.3) is 0 Å². The first kappa shape index (κ1) is 20.9. The van der Waals surface area contributed by atoms with Crippen molar-refractivity contribution in [1.82, 2.24) is 4.31 Å². The molecule has 0 aromatic heterocycles. The van der Waals surface area contributed by atoms with Crippen LogP contribution in [0.3, 0.4) is 0 Å². The van der Waals surface area contributed by atoms with E-state index in [1.165, 1.54) is 12.1 Å². The molecular formula is C15H22F3NO2S. The molecule has 0 aliphatic heterocycles. The number of hydrogen-bond acceptors (Lipinski definition) is 4. The van der Waals surface area contributed by atoms with Gasteiger partial charge < -0.3 is 9.90 Å². The lowest BCUT2D eigenvalue weighted by molar-refractivity contribution is -0.139. The zero-order valence-corrected chi connectivity index (χ0v) is 14.0. The number of hydrogen-bond donors (Lipinski definition) is 1. The maximum atomic E-state index is 13.0. The van der Waals surface area contributed by atoms with E-state index in [0.29, 0.717) is 6.54 Å². The number of carbonyl (C=O) groups is 1. The van der Waals surface area contributed by atoms with Crippen LogP contribution in [0.1, 0.15) is 32.8 Å². The van der Waals surface area contributed by atoms with Gasteiger partial charge in [0.05, 0.1) is 11.1 Å². The van der Waals surface area contributed by atoms with Gasteiger partial charge in [0, 0.05) is 18.6 Å². The Morgan fingerprint density at radius 3 is 2.23 bits per heavy atom. The molecule has 22 heavy (non-hydrogen) atoms. The highest BCUT2D eigenvalue weighted by Gasteiger charge is 2.35. The molecule has 0 radical (unpaired) electrons. The fraction of sp³-hybridized carbons (Fsp3) is 0.533. The van der Waals surface area contributed by atoms with Crippen LogP contribution in [0.4, 0.5) is 13.2 Å². The minimum Gasteiger partial charge on any atom is -0.400 e. The van der Waals surface area contributed by atoms with E-state index in [-0.39, 0.29) is 4.90 Å². The van der Waals surface area contributed by atoms with Crippen molar-refractivity contribution >= 4 is 18.2 Å². The van der Waals surface area contributed by atoms with Gasteiger partial charge in [0.15, 0.2) is 0 Å². The Kier molecular flexibility index (Phi) is 8.73. The number of aliphatic hydroxyl groups excluding tert-OH is 1. The summed E-state index contributed by atoms with van der Waals surface area (Å²) >= 11 is 0.980. The summed E-state index contributed by atoms with van der Waals surface area (Å²) in [7, 11) is 1.00. The largest absolute Gasteiger partial charge is 0.417 e. The van der Waals surface area contributed by atoms with E-state index < -0.39 is 17.3 Å². The topological polar surface area (TPSA) is 40.5 Å². The molecule has 1 N–H and O–H groups in total. The molecule has 3 nitrogen and oxygen atoms in total. The van der Waals surface area contributed by atoms with Crippen LogP contribution in [0.5, 0.6) is 0 Å². The van der Waals surface area contributed by atoms with E-state index in [0.717, 1.165) is 37.8 Å². The normalized spacial score (nSPS) is 11.9. The highest BCUT2D eigenvalue weighted by Crippen LogP contribution is 2.39. The summed E-state index contributed by atoms with van der Waals surface area (Å²) in [6, 6.07) is 5.41. The van der Waals surface area contributed by atoms with Crippen LogP contribution < -0.4 is 0 Å². The molecule has 126 valence electrons. The van der Waals surface area contributed by atoms with Gasteiger partial charge in [0.25, 0.3) is 0 Å². The first-order valence-electron chi connectivity index (χ1n) is 6.75. The van der Waals surface area contributed by atoms with Crippen molar-refractivity contribution in [3.05, 3.63) is 29.8 Å². The average Bonchev–Trinajstić information content (AvgIpc) is 2.48. The molecular weight excluding hydrogens is 315 g/mol. The van der Waals surface area contributed by atoms with E-state index in [2.05, 4.69) is 0 Å². The highest BCUT2D eigenvalue weighted by molar-refractivity contribution is 7.97. The Hall–Kier alpha value is -1.05. The van der Waals surface area contributed by atoms with Crippen molar-refractivity contribution in [2.24, 2.45) is 0 Å². The first-order chi connectivity index (χ1) is 10.2. The monoisotopic (exact) mass is 337 g/mol.